The number of esters is 1. The van der Waals surface area contributed by atoms with Gasteiger partial charge in [-0.3, -0.25) is 4.79 Å². The Bertz CT molecular complexity index is 433. The summed E-state index contributed by atoms with van der Waals surface area (Å²) in [7, 11) is 0. The molecule has 0 radical (unpaired) electrons. The van der Waals surface area contributed by atoms with E-state index in [9.17, 15) is 4.79 Å². The van der Waals surface area contributed by atoms with Crippen molar-refractivity contribution in [3.8, 4) is 0 Å². The van der Waals surface area contributed by atoms with Crippen molar-refractivity contribution in [3.05, 3.63) is 11.1 Å². The van der Waals surface area contributed by atoms with Gasteiger partial charge in [0.05, 0.1) is 12.3 Å². The highest BCUT2D eigenvalue weighted by molar-refractivity contribution is 7.98. The number of nitrogens with one attached hydrogen (secondary N) is 1. The summed E-state index contributed by atoms with van der Waals surface area (Å²) < 4.78 is 5.11. The summed E-state index contributed by atoms with van der Waals surface area (Å²) in [6, 6.07) is 0.412. The molecular formula is C14H24N2O2S2. The first-order chi connectivity index (χ1) is 9.45. The van der Waals surface area contributed by atoms with E-state index in [1.165, 1.54) is 0 Å². The lowest BCUT2D eigenvalue weighted by molar-refractivity contribution is -0.148. The molecule has 1 N–H and O–H groups in total. The molecular weight excluding hydrogens is 292 g/mol. The largest absolute Gasteiger partial charge is 0.465 e. The number of anilines is 1. The Morgan fingerprint density at radius 2 is 2.25 bits per heavy atom. The number of ether oxygens (including phenoxy) is 1. The van der Waals surface area contributed by atoms with E-state index >= 15 is 0 Å². The zero-order valence-electron chi connectivity index (χ0n) is 12.9. The number of aromatic nitrogens is 1. The van der Waals surface area contributed by atoms with Gasteiger partial charge in [0.2, 0.25) is 0 Å². The maximum absolute atomic E-state index is 12.0. The lowest BCUT2D eigenvalue weighted by atomic mass is 9.90. The van der Waals surface area contributed by atoms with Crippen LogP contribution in [0, 0.1) is 0 Å². The van der Waals surface area contributed by atoms with Gasteiger partial charge in [0.1, 0.15) is 5.41 Å². The van der Waals surface area contributed by atoms with Crippen molar-refractivity contribution in [2.45, 2.75) is 45.6 Å². The summed E-state index contributed by atoms with van der Waals surface area (Å²) >= 11 is 3.36. The molecule has 20 heavy (non-hydrogen) atoms. The molecule has 0 aromatic carbocycles. The Balaban J connectivity index is 2.78. The molecule has 0 aliphatic rings. The zero-order valence-corrected chi connectivity index (χ0v) is 14.5. The van der Waals surface area contributed by atoms with E-state index in [1.54, 1.807) is 11.3 Å². The Kier molecular flexibility index (Phi) is 6.82. The number of carbonyl (C=O) groups is 1. The van der Waals surface area contributed by atoms with Crippen LogP contribution in [0.25, 0.3) is 0 Å². The van der Waals surface area contributed by atoms with Crippen LogP contribution in [0.3, 0.4) is 0 Å². The van der Waals surface area contributed by atoms with Gasteiger partial charge in [-0.15, -0.1) is 11.3 Å². The van der Waals surface area contributed by atoms with Crippen molar-refractivity contribution in [2.24, 2.45) is 0 Å². The van der Waals surface area contributed by atoms with Crippen molar-refractivity contribution in [2.75, 3.05) is 23.9 Å². The summed E-state index contributed by atoms with van der Waals surface area (Å²) in [6.07, 6.45) is 3.15. The minimum Gasteiger partial charge on any atom is -0.465 e. The third kappa shape index (κ3) is 4.38. The SMILES string of the molecule is CCOC(=O)C(C)(C)c1csc(NC(CC)CSC)n1. The molecule has 0 fully saturated rings. The summed E-state index contributed by atoms with van der Waals surface area (Å²) in [5.74, 6) is 0.820. The molecule has 1 atom stereocenters. The van der Waals surface area contributed by atoms with Gasteiger partial charge in [-0.1, -0.05) is 6.92 Å². The quantitative estimate of drug-likeness (QED) is 0.743. The Morgan fingerprint density at radius 1 is 1.55 bits per heavy atom. The monoisotopic (exact) mass is 316 g/mol. The van der Waals surface area contributed by atoms with Crippen molar-refractivity contribution < 1.29 is 9.53 Å². The lowest BCUT2D eigenvalue weighted by Crippen LogP contribution is -2.31. The molecule has 1 aromatic rings. The maximum Gasteiger partial charge on any atom is 0.317 e. The van der Waals surface area contributed by atoms with Crippen LogP contribution < -0.4 is 5.32 Å². The minimum atomic E-state index is -0.701. The van der Waals surface area contributed by atoms with Gasteiger partial charge in [0.25, 0.3) is 0 Å². The molecule has 0 spiro atoms. The number of rotatable bonds is 8. The predicted octanol–water partition coefficient (Wildman–Crippen LogP) is 3.54. The second-order valence-electron chi connectivity index (χ2n) is 5.09. The first-order valence-electron chi connectivity index (χ1n) is 6.84. The highest BCUT2D eigenvalue weighted by Crippen LogP contribution is 2.29. The topological polar surface area (TPSA) is 51.2 Å². The second kappa shape index (κ2) is 7.88. The zero-order chi connectivity index (χ0) is 15.2. The van der Waals surface area contributed by atoms with Crippen LogP contribution in [-0.2, 0) is 14.9 Å². The molecule has 1 unspecified atom stereocenters. The third-order valence-electron chi connectivity index (χ3n) is 3.12. The number of hydrogen-bond acceptors (Lipinski definition) is 6. The van der Waals surface area contributed by atoms with Crippen LogP contribution in [0.4, 0.5) is 5.13 Å². The summed E-state index contributed by atoms with van der Waals surface area (Å²) in [5.41, 5.74) is 0.0654. The van der Waals surface area contributed by atoms with Crippen LogP contribution in [0.5, 0.6) is 0 Å². The van der Waals surface area contributed by atoms with Crippen LogP contribution in [0.2, 0.25) is 0 Å². The van der Waals surface area contributed by atoms with Crippen LogP contribution >= 0.6 is 23.1 Å². The summed E-state index contributed by atoms with van der Waals surface area (Å²) in [6.45, 7) is 8.07. The van der Waals surface area contributed by atoms with Gasteiger partial charge in [-0.05, 0) is 33.4 Å². The van der Waals surface area contributed by atoms with Crippen molar-refractivity contribution in [1.82, 2.24) is 4.98 Å². The van der Waals surface area contributed by atoms with Gasteiger partial charge in [-0.2, -0.15) is 11.8 Å². The van der Waals surface area contributed by atoms with E-state index in [4.69, 9.17) is 4.74 Å². The fourth-order valence-corrected chi connectivity index (χ4v) is 3.36. The molecule has 0 bridgehead atoms. The average Bonchev–Trinajstić information content (AvgIpc) is 2.87. The van der Waals surface area contributed by atoms with Crippen LogP contribution in [-0.4, -0.2) is 35.6 Å². The van der Waals surface area contributed by atoms with Crippen molar-refractivity contribution in [1.29, 1.82) is 0 Å². The third-order valence-corrected chi connectivity index (χ3v) is 4.63. The van der Waals surface area contributed by atoms with E-state index < -0.39 is 5.41 Å². The minimum absolute atomic E-state index is 0.229. The van der Waals surface area contributed by atoms with E-state index in [2.05, 4.69) is 23.5 Å². The number of thioether (sulfide) groups is 1. The maximum atomic E-state index is 12.0. The van der Waals surface area contributed by atoms with Crippen molar-refractivity contribution >= 4 is 34.2 Å². The van der Waals surface area contributed by atoms with Crippen LogP contribution in [0.15, 0.2) is 5.38 Å². The van der Waals surface area contributed by atoms with Gasteiger partial charge in [-0.25, -0.2) is 4.98 Å². The molecule has 1 aromatic heterocycles. The van der Waals surface area contributed by atoms with Gasteiger partial charge < -0.3 is 10.1 Å². The van der Waals surface area contributed by atoms with E-state index in [1.807, 2.05) is 37.9 Å². The van der Waals surface area contributed by atoms with Gasteiger partial charge in [0, 0.05) is 17.2 Å². The summed E-state index contributed by atoms with van der Waals surface area (Å²) in [5, 5.41) is 6.24. The highest BCUT2D eigenvalue weighted by atomic mass is 32.2. The van der Waals surface area contributed by atoms with Crippen molar-refractivity contribution in [3.63, 3.8) is 0 Å². The first kappa shape index (κ1) is 17.3. The van der Waals surface area contributed by atoms with Gasteiger partial charge in [0.15, 0.2) is 5.13 Å². The molecule has 4 nitrogen and oxygen atoms in total. The Labute approximate surface area is 129 Å². The normalized spacial score (nSPS) is 13.1. The number of nitrogens with zero attached hydrogens (tertiary/aromatic N) is 1. The Morgan fingerprint density at radius 3 is 2.80 bits per heavy atom. The van der Waals surface area contributed by atoms with E-state index in [0.717, 1.165) is 23.0 Å². The van der Waals surface area contributed by atoms with E-state index in [-0.39, 0.29) is 5.97 Å². The molecule has 0 aliphatic carbocycles. The highest BCUT2D eigenvalue weighted by Gasteiger charge is 2.34. The molecule has 6 heteroatoms. The molecule has 0 saturated heterocycles. The number of carbonyl (C=O) groups excluding carboxylic acids is 1. The molecule has 0 aliphatic heterocycles. The van der Waals surface area contributed by atoms with E-state index in [0.29, 0.717) is 12.6 Å². The average molecular weight is 316 g/mol. The first-order valence-corrected chi connectivity index (χ1v) is 9.11. The van der Waals surface area contributed by atoms with Crippen LogP contribution in [0.1, 0.15) is 39.8 Å². The second-order valence-corrected chi connectivity index (χ2v) is 6.86. The molecule has 114 valence electrons. The summed E-state index contributed by atoms with van der Waals surface area (Å²) in [4.78, 5) is 16.5. The Hall–Kier alpha value is -0.750. The lowest BCUT2D eigenvalue weighted by Gasteiger charge is -2.20. The molecule has 0 saturated carbocycles. The fourth-order valence-electron chi connectivity index (χ4n) is 1.68. The fraction of sp³-hybridized carbons (Fsp3) is 0.714. The number of hydrogen-bond donors (Lipinski definition) is 1. The predicted molar refractivity (Wildman–Crippen MR) is 87.9 cm³/mol. The molecule has 1 rings (SSSR count). The standard InChI is InChI=1S/C14H24N2O2S2/c1-6-10(8-19-5)15-13-16-11(9-20-13)14(3,4)12(17)18-7-2/h9-10H,6-8H2,1-5H3,(H,15,16). The smallest absolute Gasteiger partial charge is 0.317 e. The number of thiazole rings is 1. The van der Waals surface area contributed by atoms with Gasteiger partial charge >= 0.3 is 5.97 Å². The molecule has 1 heterocycles. The molecule has 0 amide bonds.